The second-order valence-electron chi connectivity index (χ2n) is 8.50. The van der Waals surface area contributed by atoms with Gasteiger partial charge in [-0.1, -0.05) is 11.6 Å². The van der Waals surface area contributed by atoms with E-state index in [0.29, 0.717) is 42.3 Å². The zero-order valence-corrected chi connectivity index (χ0v) is 19.0. The third-order valence-corrected chi connectivity index (χ3v) is 6.15. The maximum Gasteiger partial charge on any atom is 0.522 e. The van der Waals surface area contributed by atoms with Gasteiger partial charge in [0.1, 0.15) is 18.0 Å². The molecule has 0 unspecified atom stereocenters. The Morgan fingerprint density at radius 2 is 1.88 bits per heavy atom. The molecule has 8 nitrogen and oxygen atoms in total. The van der Waals surface area contributed by atoms with Crippen molar-refractivity contribution in [3.63, 3.8) is 0 Å². The first-order chi connectivity index (χ1) is 16.1. The Morgan fingerprint density at radius 1 is 1.15 bits per heavy atom. The molecule has 2 amide bonds. The fraction of sp³-hybridized carbons (Fsp3) is 0.545. The molecule has 2 aromatic rings. The van der Waals surface area contributed by atoms with E-state index in [1.54, 1.807) is 23.2 Å². The van der Waals surface area contributed by atoms with Crippen molar-refractivity contribution in [3.8, 4) is 0 Å². The number of piperidine rings is 1. The van der Waals surface area contributed by atoms with Crippen LogP contribution >= 0.6 is 11.6 Å². The molecule has 0 radical (unpaired) electrons. The third-order valence-electron chi connectivity index (χ3n) is 5.92. The maximum atomic E-state index is 12.5. The Balaban J connectivity index is 1.11. The van der Waals surface area contributed by atoms with E-state index in [1.165, 1.54) is 0 Å². The molecular weight excluding hydrogens is 479 g/mol. The lowest BCUT2D eigenvalue weighted by atomic mass is 9.92. The lowest BCUT2D eigenvalue weighted by Gasteiger charge is -2.35. The number of hydrazine groups is 1. The van der Waals surface area contributed by atoms with Crippen LogP contribution < -0.4 is 10.7 Å². The van der Waals surface area contributed by atoms with Gasteiger partial charge in [-0.25, -0.2) is 5.01 Å². The summed E-state index contributed by atoms with van der Waals surface area (Å²) in [6, 6.07) is 7.16. The number of rotatable bonds is 8. The summed E-state index contributed by atoms with van der Waals surface area (Å²) in [5.74, 6) is 0.00308. The van der Waals surface area contributed by atoms with E-state index in [4.69, 9.17) is 20.8 Å². The van der Waals surface area contributed by atoms with Gasteiger partial charge < -0.3 is 14.5 Å². The van der Waals surface area contributed by atoms with Crippen molar-refractivity contribution in [2.45, 2.75) is 50.8 Å². The molecule has 1 aliphatic carbocycles. The SMILES string of the molecule is O=C(COC1CC(OC(F)(F)F)C1)NN1CCC(C(=O)NCc2cc3cc(Cl)ccc3o2)CC1. The van der Waals surface area contributed by atoms with Crippen molar-refractivity contribution in [3.05, 3.63) is 35.0 Å². The van der Waals surface area contributed by atoms with E-state index in [2.05, 4.69) is 15.5 Å². The van der Waals surface area contributed by atoms with Gasteiger partial charge in [-0.2, -0.15) is 0 Å². The molecule has 34 heavy (non-hydrogen) atoms. The minimum Gasteiger partial charge on any atom is -0.459 e. The number of nitrogens with zero attached hydrogens (tertiary/aromatic N) is 1. The summed E-state index contributed by atoms with van der Waals surface area (Å²) in [5, 5.41) is 6.09. The van der Waals surface area contributed by atoms with Gasteiger partial charge in [-0.05, 0) is 37.1 Å². The minimum atomic E-state index is -4.65. The Kier molecular flexibility index (Phi) is 7.66. The second kappa shape index (κ2) is 10.5. The van der Waals surface area contributed by atoms with E-state index in [-0.39, 0.29) is 43.7 Å². The zero-order chi connectivity index (χ0) is 24.3. The van der Waals surface area contributed by atoms with Crippen LogP contribution in [0.5, 0.6) is 0 Å². The van der Waals surface area contributed by atoms with Gasteiger partial charge in [0.25, 0.3) is 5.91 Å². The van der Waals surface area contributed by atoms with Crippen molar-refractivity contribution >= 4 is 34.4 Å². The largest absolute Gasteiger partial charge is 0.522 e. The summed E-state index contributed by atoms with van der Waals surface area (Å²) in [6.07, 6.45) is -4.63. The number of hydrogen-bond donors (Lipinski definition) is 2. The van der Waals surface area contributed by atoms with Gasteiger partial charge in [0, 0.05) is 42.3 Å². The van der Waals surface area contributed by atoms with Crippen LogP contribution in [0.15, 0.2) is 28.7 Å². The Bertz CT molecular complexity index is 1020. The van der Waals surface area contributed by atoms with E-state index in [9.17, 15) is 22.8 Å². The summed E-state index contributed by atoms with van der Waals surface area (Å²) >= 11 is 5.98. The molecule has 0 spiro atoms. The Labute approximate surface area is 198 Å². The fourth-order valence-corrected chi connectivity index (χ4v) is 4.25. The average Bonchev–Trinajstić information content (AvgIpc) is 3.15. The maximum absolute atomic E-state index is 12.5. The van der Waals surface area contributed by atoms with Crippen LogP contribution in [-0.2, 0) is 25.6 Å². The standard InChI is InChI=1S/C22H25ClF3N3O5/c23-15-1-2-19-14(7-15)8-18(33-19)11-27-21(31)13-3-5-29(6-4-13)28-20(30)12-32-16-9-17(10-16)34-22(24,25)26/h1-2,7-8,13,16-17H,3-6,9-12H2,(H,27,31)(H,28,30). The van der Waals surface area contributed by atoms with Gasteiger partial charge in [-0.15, -0.1) is 13.2 Å². The number of carbonyl (C=O) groups excluding carboxylic acids is 2. The number of fused-ring (bicyclic) bond motifs is 1. The van der Waals surface area contributed by atoms with Crippen LogP contribution in [0.25, 0.3) is 11.0 Å². The highest BCUT2D eigenvalue weighted by molar-refractivity contribution is 6.31. The van der Waals surface area contributed by atoms with Crippen LogP contribution in [0.2, 0.25) is 5.02 Å². The zero-order valence-electron chi connectivity index (χ0n) is 18.2. The van der Waals surface area contributed by atoms with Crippen LogP contribution in [0.4, 0.5) is 13.2 Å². The molecule has 1 aromatic heterocycles. The number of carbonyl (C=O) groups is 2. The van der Waals surface area contributed by atoms with Gasteiger partial charge in [-0.3, -0.25) is 19.8 Å². The van der Waals surface area contributed by atoms with Crippen molar-refractivity contribution in [2.24, 2.45) is 5.92 Å². The van der Waals surface area contributed by atoms with Crippen molar-refractivity contribution in [2.75, 3.05) is 19.7 Å². The highest BCUT2D eigenvalue weighted by Crippen LogP contribution is 2.32. The third kappa shape index (κ3) is 6.84. The minimum absolute atomic E-state index is 0.0755. The van der Waals surface area contributed by atoms with E-state index in [0.717, 1.165) is 5.39 Å². The first-order valence-corrected chi connectivity index (χ1v) is 11.4. The molecule has 186 valence electrons. The number of alkyl halides is 3. The molecule has 12 heteroatoms. The lowest BCUT2D eigenvalue weighted by molar-refractivity contribution is -0.357. The molecule has 1 aromatic carbocycles. The molecule has 0 atom stereocenters. The van der Waals surface area contributed by atoms with Crippen LogP contribution in [0.1, 0.15) is 31.4 Å². The predicted molar refractivity (Wildman–Crippen MR) is 115 cm³/mol. The fourth-order valence-electron chi connectivity index (χ4n) is 4.07. The van der Waals surface area contributed by atoms with Crippen molar-refractivity contribution in [1.29, 1.82) is 0 Å². The summed E-state index contributed by atoms with van der Waals surface area (Å²) in [4.78, 5) is 24.6. The number of ether oxygens (including phenoxy) is 2. The second-order valence-corrected chi connectivity index (χ2v) is 8.94. The van der Waals surface area contributed by atoms with Crippen LogP contribution in [0, 0.1) is 5.92 Å². The number of amides is 2. The molecule has 0 bridgehead atoms. The highest BCUT2D eigenvalue weighted by Gasteiger charge is 2.40. The van der Waals surface area contributed by atoms with Crippen LogP contribution in [-0.4, -0.2) is 55.1 Å². The molecule has 2 N–H and O–H groups in total. The molecule has 1 saturated heterocycles. The van der Waals surface area contributed by atoms with Gasteiger partial charge in [0.15, 0.2) is 0 Å². The average molecular weight is 504 g/mol. The first kappa shape index (κ1) is 24.8. The van der Waals surface area contributed by atoms with Gasteiger partial charge in [0.2, 0.25) is 5.91 Å². The smallest absolute Gasteiger partial charge is 0.459 e. The topological polar surface area (TPSA) is 93.0 Å². The van der Waals surface area contributed by atoms with Crippen LogP contribution in [0.3, 0.4) is 0 Å². The van der Waals surface area contributed by atoms with E-state index >= 15 is 0 Å². The van der Waals surface area contributed by atoms with Gasteiger partial charge in [0.05, 0.1) is 18.8 Å². The number of halogens is 4. The molecule has 2 aliphatic rings. The van der Waals surface area contributed by atoms with Crippen molar-refractivity contribution < 1.29 is 36.7 Å². The number of benzene rings is 1. The molecular formula is C22H25ClF3N3O5. The summed E-state index contributed by atoms with van der Waals surface area (Å²) < 4.78 is 51.3. The van der Waals surface area contributed by atoms with E-state index in [1.807, 2.05) is 6.07 Å². The number of furan rings is 1. The Morgan fingerprint density at radius 3 is 2.59 bits per heavy atom. The lowest BCUT2D eigenvalue weighted by Crippen LogP contribution is -2.50. The molecule has 1 aliphatic heterocycles. The quantitative estimate of drug-likeness (QED) is 0.572. The normalized spacial score (nSPS) is 21.9. The molecule has 4 rings (SSSR count). The molecule has 2 fully saturated rings. The monoisotopic (exact) mass is 503 g/mol. The Hall–Kier alpha value is -2.34. The first-order valence-electron chi connectivity index (χ1n) is 11.0. The van der Waals surface area contributed by atoms with E-state index < -0.39 is 18.6 Å². The number of hydrogen-bond acceptors (Lipinski definition) is 6. The van der Waals surface area contributed by atoms with Gasteiger partial charge >= 0.3 is 6.36 Å². The summed E-state index contributed by atoms with van der Waals surface area (Å²) in [5.41, 5.74) is 3.41. The molecule has 2 heterocycles. The summed E-state index contributed by atoms with van der Waals surface area (Å²) in [7, 11) is 0. The predicted octanol–water partition coefficient (Wildman–Crippen LogP) is 3.53. The molecule has 1 saturated carbocycles. The summed E-state index contributed by atoms with van der Waals surface area (Å²) in [6.45, 7) is 1.03. The van der Waals surface area contributed by atoms with Crippen molar-refractivity contribution in [1.82, 2.24) is 15.8 Å². The number of nitrogens with one attached hydrogen (secondary N) is 2. The highest BCUT2D eigenvalue weighted by atomic mass is 35.5.